The zero-order chi connectivity index (χ0) is 24.4. The standard InChI is InChI=1S/C30H31NO3/c1-5-6-7-11-22-18-26(32)28(24-17-20(4)13-14-23(24)19(2)3)29(33)27(22)30(34)31-16-15-21-10-8-9-12-25(21)31/h8-10,12-18,32-33H,2,5-7,11H2,1,3-4H3. The van der Waals surface area contributed by atoms with Crippen LogP contribution in [-0.2, 0) is 6.42 Å². The molecule has 34 heavy (non-hydrogen) atoms. The average Bonchev–Trinajstić information content (AvgIpc) is 3.23. The lowest BCUT2D eigenvalue weighted by atomic mass is 9.89. The number of unbranched alkanes of at least 4 members (excludes halogenated alkanes) is 2. The highest BCUT2D eigenvalue weighted by atomic mass is 16.3. The molecule has 0 fully saturated rings. The van der Waals surface area contributed by atoms with Crippen LogP contribution in [0.15, 0.2) is 67.4 Å². The second-order valence-corrected chi connectivity index (χ2v) is 8.99. The Labute approximate surface area is 200 Å². The van der Waals surface area contributed by atoms with Gasteiger partial charge in [-0.25, -0.2) is 0 Å². The summed E-state index contributed by atoms with van der Waals surface area (Å²) in [5, 5.41) is 23.6. The molecule has 4 nitrogen and oxygen atoms in total. The van der Waals surface area contributed by atoms with Crippen molar-refractivity contribution in [3.8, 4) is 22.6 Å². The highest BCUT2D eigenvalue weighted by molar-refractivity contribution is 6.07. The van der Waals surface area contributed by atoms with Gasteiger partial charge in [-0.3, -0.25) is 9.36 Å². The van der Waals surface area contributed by atoms with Crippen LogP contribution in [0, 0.1) is 6.92 Å². The van der Waals surface area contributed by atoms with Gasteiger partial charge in [-0.1, -0.05) is 73.9 Å². The number of allylic oxidation sites excluding steroid dienone is 1. The van der Waals surface area contributed by atoms with Crippen molar-refractivity contribution >= 4 is 22.4 Å². The molecule has 0 radical (unpaired) electrons. The molecule has 0 aliphatic rings. The van der Waals surface area contributed by atoms with Gasteiger partial charge in [0.05, 0.1) is 16.6 Å². The number of phenolic OH excluding ortho intramolecular Hbond substituents is 2. The minimum atomic E-state index is -0.309. The predicted molar refractivity (Wildman–Crippen MR) is 140 cm³/mol. The van der Waals surface area contributed by atoms with Crippen molar-refractivity contribution in [2.75, 3.05) is 0 Å². The fourth-order valence-electron chi connectivity index (χ4n) is 4.59. The summed E-state index contributed by atoms with van der Waals surface area (Å²) < 4.78 is 1.57. The Balaban J connectivity index is 1.97. The number of aromatic hydroxyl groups is 2. The first-order chi connectivity index (χ1) is 16.3. The summed E-state index contributed by atoms with van der Waals surface area (Å²) in [6, 6.07) is 17.0. The van der Waals surface area contributed by atoms with E-state index in [9.17, 15) is 15.0 Å². The van der Waals surface area contributed by atoms with Gasteiger partial charge in [-0.05, 0) is 61.6 Å². The quantitative estimate of drug-likeness (QED) is 0.285. The van der Waals surface area contributed by atoms with Gasteiger partial charge in [-0.2, -0.15) is 0 Å². The lowest BCUT2D eigenvalue weighted by molar-refractivity contribution is 0.0961. The number of hydrogen-bond donors (Lipinski definition) is 2. The summed E-state index contributed by atoms with van der Waals surface area (Å²) in [6.07, 6.45) is 5.23. The lowest BCUT2D eigenvalue weighted by Gasteiger charge is -2.19. The number of aromatic nitrogens is 1. The molecular weight excluding hydrogens is 422 g/mol. The number of nitrogens with zero attached hydrogens (tertiary/aromatic N) is 1. The zero-order valence-corrected chi connectivity index (χ0v) is 20.1. The minimum absolute atomic E-state index is 0.0361. The van der Waals surface area contributed by atoms with Crippen molar-refractivity contribution in [3.63, 3.8) is 0 Å². The van der Waals surface area contributed by atoms with E-state index in [1.807, 2.05) is 62.4 Å². The van der Waals surface area contributed by atoms with E-state index in [1.165, 1.54) is 0 Å². The van der Waals surface area contributed by atoms with Crippen LogP contribution in [0.2, 0.25) is 0 Å². The average molecular weight is 454 g/mol. The summed E-state index contributed by atoms with van der Waals surface area (Å²) in [7, 11) is 0. The Morgan fingerprint density at radius 1 is 1.03 bits per heavy atom. The van der Waals surface area contributed by atoms with Crippen LogP contribution in [0.1, 0.15) is 60.2 Å². The maximum Gasteiger partial charge on any atom is 0.266 e. The van der Waals surface area contributed by atoms with Gasteiger partial charge in [-0.15, -0.1) is 0 Å². The summed E-state index contributed by atoms with van der Waals surface area (Å²) in [4.78, 5) is 13.9. The van der Waals surface area contributed by atoms with Gasteiger partial charge in [0.15, 0.2) is 0 Å². The Morgan fingerprint density at radius 2 is 1.79 bits per heavy atom. The fraction of sp³-hybridized carbons (Fsp3) is 0.233. The van der Waals surface area contributed by atoms with Gasteiger partial charge < -0.3 is 10.2 Å². The van der Waals surface area contributed by atoms with E-state index in [-0.39, 0.29) is 28.5 Å². The van der Waals surface area contributed by atoms with Crippen molar-refractivity contribution in [1.29, 1.82) is 0 Å². The van der Waals surface area contributed by atoms with Crippen molar-refractivity contribution < 1.29 is 15.0 Å². The molecule has 0 bridgehead atoms. The van der Waals surface area contributed by atoms with Crippen LogP contribution in [-0.4, -0.2) is 20.7 Å². The minimum Gasteiger partial charge on any atom is -0.507 e. The first kappa shape index (κ1) is 23.4. The molecule has 0 saturated heterocycles. The smallest absolute Gasteiger partial charge is 0.266 e. The second-order valence-electron chi connectivity index (χ2n) is 8.99. The van der Waals surface area contributed by atoms with E-state index < -0.39 is 0 Å². The van der Waals surface area contributed by atoms with Gasteiger partial charge in [0.2, 0.25) is 0 Å². The van der Waals surface area contributed by atoms with Gasteiger partial charge >= 0.3 is 0 Å². The van der Waals surface area contributed by atoms with Crippen molar-refractivity contribution in [2.24, 2.45) is 0 Å². The van der Waals surface area contributed by atoms with Crippen LogP contribution in [0.25, 0.3) is 27.6 Å². The van der Waals surface area contributed by atoms with E-state index in [0.717, 1.165) is 46.9 Å². The number of rotatable bonds is 7. The number of carbonyl (C=O) groups is 1. The normalized spacial score (nSPS) is 11.1. The van der Waals surface area contributed by atoms with E-state index in [1.54, 1.807) is 16.8 Å². The third kappa shape index (κ3) is 4.24. The van der Waals surface area contributed by atoms with Gasteiger partial charge in [0.1, 0.15) is 11.5 Å². The molecule has 4 aromatic rings. The first-order valence-electron chi connectivity index (χ1n) is 11.8. The van der Waals surface area contributed by atoms with Gasteiger partial charge in [0, 0.05) is 11.6 Å². The number of carbonyl (C=O) groups excluding carboxylic acids is 1. The summed E-state index contributed by atoms with van der Waals surface area (Å²) >= 11 is 0. The number of hydrogen-bond acceptors (Lipinski definition) is 3. The Kier molecular flexibility index (Phi) is 6.60. The molecule has 4 heteroatoms. The SMILES string of the molecule is C=C(C)c1ccc(C)cc1-c1c(O)cc(CCCCC)c(C(=O)n2ccc3ccccc32)c1O. The van der Waals surface area contributed by atoms with E-state index in [4.69, 9.17) is 0 Å². The number of phenols is 2. The summed E-state index contributed by atoms with van der Waals surface area (Å²) in [5.74, 6) is -0.538. The molecule has 0 spiro atoms. The molecule has 174 valence electrons. The maximum atomic E-state index is 13.9. The van der Waals surface area contributed by atoms with Crippen LogP contribution in [0.5, 0.6) is 11.5 Å². The monoisotopic (exact) mass is 453 g/mol. The molecule has 0 atom stereocenters. The summed E-state index contributed by atoms with van der Waals surface area (Å²) in [5.41, 5.74) is 5.20. The third-order valence-corrected chi connectivity index (χ3v) is 6.35. The molecule has 0 aliphatic carbocycles. The van der Waals surface area contributed by atoms with Crippen LogP contribution >= 0.6 is 0 Å². The molecule has 0 aliphatic heterocycles. The second kappa shape index (κ2) is 9.60. The van der Waals surface area contributed by atoms with Gasteiger partial charge in [0.25, 0.3) is 5.91 Å². The maximum absolute atomic E-state index is 13.9. The molecular formula is C30H31NO3. The third-order valence-electron chi connectivity index (χ3n) is 6.35. The summed E-state index contributed by atoms with van der Waals surface area (Å²) in [6.45, 7) is 10.0. The van der Waals surface area contributed by atoms with Crippen LogP contribution in [0.3, 0.4) is 0 Å². The van der Waals surface area contributed by atoms with E-state index in [2.05, 4.69) is 13.5 Å². The molecule has 2 N–H and O–H groups in total. The molecule has 3 aromatic carbocycles. The van der Waals surface area contributed by atoms with E-state index >= 15 is 0 Å². The molecule has 1 heterocycles. The van der Waals surface area contributed by atoms with Crippen molar-refractivity contribution in [2.45, 2.75) is 46.5 Å². The molecule has 0 unspecified atom stereocenters. The zero-order valence-electron chi connectivity index (χ0n) is 20.1. The number of benzene rings is 3. The molecule has 1 aromatic heterocycles. The van der Waals surface area contributed by atoms with Crippen LogP contribution in [0.4, 0.5) is 0 Å². The van der Waals surface area contributed by atoms with E-state index in [0.29, 0.717) is 17.5 Å². The molecule has 4 rings (SSSR count). The highest BCUT2D eigenvalue weighted by Gasteiger charge is 2.26. The number of aryl methyl sites for hydroxylation is 2. The highest BCUT2D eigenvalue weighted by Crippen LogP contribution is 2.45. The number of para-hydroxylation sites is 1. The molecule has 0 saturated carbocycles. The topological polar surface area (TPSA) is 62.5 Å². The lowest BCUT2D eigenvalue weighted by Crippen LogP contribution is -2.14. The van der Waals surface area contributed by atoms with Crippen molar-refractivity contribution in [3.05, 3.63) is 89.6 Å². The fourth-order valence-corrected chi connectivity index (χ4v) is 4.59. The number of fused-ring (bicyclic) bond motifs is 1. The first-order valence-corrected chi connectivity index (χ1v) is 11.8. The predicted octanol–water partition coefficient (Wildman–Crippen LogP) is 7.48. The van der Waals surface area contributed by atoms with Crippen LogP contribution < -0.4 is 0 Å². The largest absolute Gasteiger partial charge is 0.507 e. The van der Waals surface area contributed by atoms with Crippen molar-refractivity contribution in [1.82, 2.24) is 4.57 Å². The Morgan fingerprint density at radius 3 is 2.53 bits per heavy atom. The Hall–Kier alpha value is -3.79. The Bertz CT molecular complexity index is 1390. The molecule has 0 amide bonds.